The Kier molecular flexibility index (Phi) is 9.77. The number of benzene rings is 1. The number of hydrogen-bond donors (Lipinski definition) is 2. The minimum absolute atomic E-state index is 0.237. The topological polar surface area (TPSA) is 57.6 Å². The molecule has 3 aromatic rings. The highest BCUT2D eigenvalue weighted by atomic mass is 32.2. The zero-order valence-electron chi connectivity index (χ0n) is 23.6. The summed E-state index contributed by atoms with van der Waals surface area (Å²) >= 11 is 1.63. The number of rotatable bonds is 9. The van der Waals surface area contributed by atoms with Crippen LogP contribution in [0.5, 0.6) is 5.75 Å². The summed E-state index contributed by atoms with van der Waals surface area (Å²) in [5.41, 5.74) is 2.20. The standard InChI is InChI=1S/C29H37F3N6OS/c1-20(2)37(4)40-23-8-9-25(28(16-23)39-5)34-12-6-7-22-15-24-26(35-21-10-13-36(3)14-11-21)17-33-18-27(24)38(22)19-29(30,31)32/h8-9,15-18,20-21,34-35H,10-14,19H2,1-5H3. The Morgan fingerprint density at radius 3 is 2.60 bits per heavy atom. The molecule has 0 bridgehead atoms. The third-order valence-corrected chi connectivity index (χ3v) is 8.15. The second-order valence-corrected chi connectivity index (χ2v) is 11.6. The van der Waals surface area contributed by atoms with Gasteiger partial charge in [0.05, 0.1) is 48.6 Å². The van der Waals surface area contributed by atoms with Crippen LogP contribution in [-0.2, 0) is 6.54 Å². The van der Waals surface area contributed by atoms with E-state index in [1.165, 1.54) is 10.8 Å². The quantitative estimate of drug-likeness (QED) is 0.243. The summed E-state index contributed by atoms with van der Waals surface area (Å²) in [6.45, 7) is 5.29. The molecule has 1 aliphatic heterocycles. The highest BCUT2D eigenvalue weighted by Crippen LogP contribution is 2.33. The monoisotopic (exact) mass is 574 g/mol. The Balaban J connectivity index is 1.54. The minimum Gasteiger partial charge on any atom is -0.495 e. The fourth-order valence-electron chi connectivity index (χ4n) is 4.53. The van der Waals surface area contributed by atoms with Crippen LogP contribution in [0.25, 0.3) is 10.9 Å². The van der Waals surface area contributed by atoms with Gasteiger partial charge >= 0.3 is 6.18 Å². The van der Waals surface area contributed by atoms with Crippen LogP contribution in [0, 0.1) is 11.8 Å². The molecule has 0 atom stereocenters. The molecule has 0 saturated carbocycles. The molecule has 0 aliphatic carbocycles. The first-order valence-corrected chi connectivity index (χ1v) is 14.1. The number of halogens is 3. The maximum Gasteiger partial charge on any atom is 0.406 e. The lowest BCUT2D eigenvalue weighted by Crippen LogP contribution is -2.36. The molecule has 0 radical (unpaired) electrons. The van der Waals surface area contributed by atoms with Gasteiger partial charge in [0.1, 0.15) is 12.3 Å². The van der Waals surface area contributed by atoms with E-state index >= 15 is 0 Å². The van der Waals surface area contributed by atoms with Crippen molar-refractivity contribution in [3.8, 4) is 17.6 Å². The number of methoxy groups -OCH3 is 1. The lowest BCUT2D eigenvalue weighted by molar-refractivity contribution is -0.140. The van der Waals surface area contributed by atoms with Gasteiger partial charge in [0.2, 0.25) is 0 Å². The van der Waals surface area contributed by atoms with Crippen molar-refractivity contribution in [1.82, 2.24) is 18.8 Å². The number of fused-ring (bicyclic) bond motifs is 1. The number of hydrogen-bond acceptors (Lipinski definition) is 7. The molecule has 1 aliphatic rings. The molecule has 2 aromatic heterocycles. The number of pyridine rings is 1. The summed E-state index contributed by atoms with van der Waals surface area (Å²) in [6, 6.07) is 8.23. The van der Waals surface area contributed by atoms with Gasteiger partial charge in [-0.05, 0) is 96.0 Å². The Bertz CT molecular complexity index is 1360. The van der Waals surface area contributed by atoms with Crippen molar-refractivity contribution in [2.24, 2.45) is 0 Å². The molecule has 1 aromatic carbocycles. The van der Waals surface area contributed by atoms with E-state index < -0.39 is 12.7 Å². The summed E-state index contributed by atoms with van der Waals surface area (Å²) in [7, 11) is 5.73. The average molecular weight is 575 g/mol. The molecule has 4 rings (SSSR count). The van der Waals surface area contributed by atoms with Gasteiger partial charge < -0.3 is 24.8 Å². The lowest BCUT2D eigenvalue weighted by Gasteiger charge is -2.30. The molecule has 40 heavy (non-hydrogen) atoms. The predicted molar refractivity (Wildman–Crippen MR) is 157 cm³/mol. The first kappa shape index (κ1) is 29.9. The molecule has 1 saturated heterocycles. The number of likely N-dealkylation sites (tertiary alicyclic amines) is 1. The van der Waals surface area contributed by atoms with Gasteiger partial charge in [-0.3, -0.25) is 4.98 Å². The van der Waals surface area contributed by atoms with E-state index in [1.807, 2.05) is 25.2 Å². The van der Waals surface area contributed by atoms with Crippen LogP contribution in [0.3, 0.4) is 0 Å². The summed E-state index contributed by atoms with van der Waals surface area (Å²) in [6.07, 6.45) is 0.697. The fraction of sp³-hybridized carbons (Fsp3) is 0.483. The molecule has 0 unspecified atom stereocenters. The predicted octanol–water partition coefficient (Wildman–Crippen LogP) is 5.92. The van der Waals surface area contributed by atoms with E-state index in [0.29, 0.717) is 28.4 Å². The van der Waals surface area contributed by atoms with Crippen LogP contribution >= 0.6 is 11.9 Å². The number of aromatic nitrogens is 2. The molecule has 2 N–H and O–H groups in total. The van der Waals surface area contributed by atoms with E-state index in [1.54, 1.807) is 31.3 Å². The second-order valence-electron chi connectivity index (χ2n) is 10.3. The Labute approximate surface area is 238 Å². The van der Waals surface area contributed by atoms with Crippen molar-refractivity contribution in [2.75, 3.05) is 51.5 Å². The molecule has 7 nitrogen and oxygen atoms in total. The summed E-state index contributed by atoms with van der Waals surface area (Å²) in [4.78, 5) is 7.56. The minimum atomic E-state index is -4.39. The van der Waals surface area contributed by atoms with Crippen LogP contribution in [0.1, 0.15) is 32.4 Å². The highest BCUT2D eigenvalue weighted by molar-refractivity contribution is 7.97. The van der Waals surface area contributed by atoms with Gasteiger partial charge in [-0.15, -0.1) is 0 Å². The number of nitrogens with one attached hydrogen (secondary N) is 2. The average Bonchev–Trinajstić information content (AvgIpc) is 3.25. The number of ether oxygens (including phenoxy) is 1. The maximum absolute atomic E-state index is 13.5. The van der Waals surface area contributed by atoms with Crippen LogP contribution in [0.4, 0.5) is 24.5 Å². The van der Waals surface area contributed by atoms with E-state index in [0.717, 1.165) is 42.2 Å². The molecule has 1 fully saturated rings. The second kappa shape index (κ2) is 13.1. The van der Waals surface area contributed by atoms with Crippen molar-refractivity contribution < 1.29 is 17.9 Å². The first-order chi connectivity index (χ1) is 19.0. The highest BCUT2D eigenvalue weighted by Gasteiger charge is 2.30. The summed E-state index contributed by atoms with van der Waals surface area (Å²) < 4.78 is 49.5. The van der Waals surface area contributed by atoms with Crippen molar-refractivity contribution in [3.05, 3.63) is 42.4 Å². The zero-order chi connectivity index (χ0) is 28.9. The van der Waals surface area contributed by atoms with Crippen LogP contribution in [0.2, 0.25) is 0 Å². The van der Waals surface area contributed by atoms with Gasteiger partial charge in [-0.25, -0.2) is 4.31 Å². The third kappa shape index (κ3) is 7.77. The number of piperidine rings is 1. The first-order valence-electron chi connectivity index (χ1n) is 13.3. The Hall–Kier alpha value is -3.07. The van der Waals surface area contributed by atoms with Gasteiger partial charge in [0.15, 0.2) is 0 Å². The normalized spacial score (nSPS) is 14.9. The third-order valence-electron chi connectivity index (χ3n) is 6.98. The van der Waals surface area contributed by atoms with Crippen LogP contribution < -0.4 is 15.4 Å². The van der Waals surface area contributed by atoms with E-state index in [-0.39, 0.29) is 12.6 Å². The van der Waals surface area contributed by atoms with Crippen molar-refractivity contribution >= 4 is 34.2 Å². The summed E-state index contributed by atoms with van der Waals surface area (Å²) in [5, 5.41) is 7.43. The van der Waals surface area contributed by atoms with Gasteiger partial charge in [0.25, 0.3) is 0 Å². The molecule has 0 amide bonds. The lowest BCUT2D eigenvalue weighted by atomic mass is 10.1. The van der Waals surface area contributed by atoms with Gasteiger partial charge in [-0.2, -0.15) is 13.2 Å². The van der Waals surface area contributed by atoms with E-state index in [9.17, 15) is 13.2 Å². The van der Waals surface area contributed by atoms with Crippen LogP contribution in [-0.4, -0.2) is 77.9 Å². The molecule has 3 heterocycles. The Morgan fingerprint density at radius 1 is 1.18 bits per heavy atom. The molecule has 11 heteroatoms. The Morgan fingerprint density at radius 2 is 1.93 bits per heavy atom. The zero-order valence-corrected chi connectivity index (χ0v) is 24.4. The van der Waals surface area contributed by atoms with E-state index in [2.05, 4.69) is 57.6 Å². The maximum atomic E-state index is 13.5. The molecule has 216 valence electrons. The molecular formula is C29H37F3N6OS. The van der Waals surface area contributed by atoms with Crippen molar-refractivity contribution in [2.45, 2.75) is 56.4 Å². The number of nitrogens with zero attached hydrogens (tertiary/aromatic N) is 4. The smallest absolute Gasteiger partial charge is 0.406 e. The number of alkyl halides is 3. The SMILES string of the molecule is COc1cc(SN(C)C(C)C)ccc1NCC#Cc1cc2c(NC3CCN(C)CC3)cncc2n1CC(F)(F)F. The van der Waals surface area contributed by atoms with Crippen LogP contribution in [0.15, 0.2) is 41.6 Å². The fourth-order valence-corrected chi connectivity index (χ4v) is 5.36. The van der Waals surface area contributed by atoms with Gasteiger partial charge in [0, 0.05) is 22.4 Å². The number of anilines is 2. The van der Waals surface area contributed by atoms with E-state index in [4.69, 9.17) is 4.74 Å². The van der Waals surface area contributed by atoms with Gasteiger partial charge in [-0.1, -0.05) is 5.92 Å². The van der Waals surface area contributed by atoms with Crippen molar-refractivity contribution in [1.29, 1.82) is 0 Å². The molecule has 0 spiro atoms. The largest absolute Gasteiger partial charge is 0.495 e. The van der Waals surface area contributed by atoms with Crippen molar-refractivity contribution in [3.63, 3.8) is 0 Å². The summed E-state index contributed by atoms with van der Waals surface area (Å²) in [5.74, 6) is 6.62. The molecular weight excluding hydrogens is 537 g/mol.